The predicted octanol–water partition coefficient (Wildman–Crippen LogP) is 6.69. The molecule has 1 aromatic heterocycles. The lowest BCUT2D eigenvalue weighted by Gasteiger charge is -2.16. The van der Waals surface area contributed by atoms with Crippen molar-refractivity contribution in [1.82, 2.24) is 4.98 Å². The molecule has 2 aromatic rings. The Morgan fingerprint density at radius 3 is 2.10 bits per heavy atom. The Bertz CT molecular complexity index is 1130. The van der Waals surface area contributed by atoms with E-state index >= 15 is 0 Å². The van der Waals surface area contributed by atoms with Crippen LogP contribution >= 0.6 is 0 Å². The maximum atomic E-state index is 12.7. The number of benzene rings is 1. The van der Waals surface area contributed by atoms with E-state index in [1.54, 1.807) is 0 Å². The lowest BCUT2D eigenvalue weighted by atomic mass is 9.90. The van der Waals surface area contributed by atoms with Gasteiger partial charge in [-0.05, 0) is 101 Å². The van der Waals surface area contributed by atoms with Crippen molar-refractivity contribution in [1.29, 1.82) is 0 Å². The third kappa shape index (κ3) is 3.91. The molecule has 0 fully saturated rings. The third-order valence-electron chi connectivity index (χ3n) is 6.50. The molecule has 1 aromatic carbocycles. The number of hydrogen-bond acceptors (Lipinski definition) is 3. The highest BCUT2D eigenvalue weighted by molar-refractivity contribution is 6.06. The Balaban J connectivity index is 2.39. The molecule has 0 spiro atoms. The molecule has 0 unspecified atom stereocenters. The number of esters is 1. The summed E-state index contributed by atoms with van der Waals surface area (Å²) in [7, 11) is 0. The summed E-state index contributed by atoms with van der Waals surface area (Å²) < 4.78 is 5.33. The molecule has 2 heterocycles. The van der Waals surface area contributed by atoms with Crippen molar-refractivity contribution in [3.8, 4) is 0 Å². The maximum absolute atomic E-state index is 12.7. The summed E-state index contributed by atoms with van der Waals surface area (Å²) in [6.07, 6.45) is 0.945. The van der Waals surface area contributed by atoms with Crippen LogP contribution in [0.5, 0.6) is 0 Å². The summed E-state index contributed by atoms with van der Waals surface area (Å²) in [6.45, 7) is 19.0. The molecule has 0 bridgehead atoms. The zero-order valence-electron chi connectivity index (χ0n) is 20.3. The maximum Gasteiger partial charge on any atom is 0.340 e. The first-order valence-corrected chi connectivity index (χ1v) is 11.1. The number of carbonyl (C=O) groups is 1. The van der Waals surface area contributed by atoms with Gasteiger partial charge in [0.25, 0.3) is 0 Å². The zero-order valence-corrected chi connectivity index (χ0v) is 20.3. The Morgan fingerprint density at radius 2 is 1.58 bits per heavy atom. The molecule has 0 radical (unpaired) electrons. The topological polar surface area (TPSA) is 54.5 Å². The van der Waals surface area contributed by atoms with Crippen LogP contribution < -0.4 is 0 Å². The Hall–Kier alpha value is -2.88. The number of aromatic nitrogens is 1. The molecular weight excluding hydrogens is 384 g/mol. The van der Waals surface area contributed by atoms with Crippen LogP contribution in [-0.2, 0) is 4.74 Å². The largest absolute Gasteiger partial charge is 0.462 e. The van der Waals surface area contributed by atoms with Crippen LogP contribution in [0, 0.1) is 34.6 Å². The second kappa shape index (κ2) is 8.70. The number of rotatable bonds is 5. The number of H-pyrrole nitrogens is 1. The number of nitrogens with zero attached hydrogens (tertiary/aromatic N) is 1. The molecule has 0 atom stereocenters. The number of carbonyl (C=O) groups excluding carboxylic acids is 1. The number of aromatic amines is 1. The molecule has 4 nitrogen and oxygen atoms in total. The highest BCUT2D eigenvalue weighted by Crippen LogP contribution is 2.39. The normalized spacial score (nSPS) is 15.5. The van der Waals surface area contributed by atoms with Crippen molar-refractivity contribution in [2.45, 2.75) is 68.7 Å². The number of nitrogens with one attached hydrogen (secondary N) is 1. The fourth-order valence-electron chi connectivity index (χ4n) is 4.59. The Labute approximate surface area is 186 Å². The quantitative estimate of drug-likeness (QED) is 0.550. The van der Waals surface area contributed by atoms with Gasteiger partial charge in [0, 0.05) is 17.0 Å². The van der Waals surface area contributed by atoms with Gasteiger partial charge in [-0.2, -0.15) is 0 Å². The summed E-state index contributed by atoms with van der Waals surface area (Å²) in [4.78, 5) is 21.2. The van der Waals surface area contributed by atoms with Gasteiger partial charge in [-0.3, -0.25) is 4.99 Å². The minimum atomic E-state index is -0.284. The van der Waals surface area contributed by atoms with E-state index in [0.717, 1.165) is 45.9 Å². The van der Waals surface area contributed by atoms with E-state index in [4.69, 9.17) is 9.73 Å². The van der Waals surface area contributed by atoms with Crippen LogP contribution in [0.4, 0.5) is 0 Å². The molecule has 1 aliphatic heterocycles. The van der Waals surface area contributed by atoms with Gasteiger partial charge in [-0.15, -0.1) is 0 Å². The summed E-state index contributed by atoms with van der Waals surface area (Å²) in [5.74, 6) is -0.284. The number of allylic oxidation sites excluding steroid dienone is 2. The minimum Gasteiger partial charge on any atom is -0.462 e. The monoisotopic (exact) mass is 418 g/mol. The first-order valence-electron chi connectivity index (χ1n) is 11.1. The molecular formula is C27H34N2O2. The van der Waals surface area contributed by atoms with E-state index in [1.807, 2.05) is 20.8 Å². The SMILES string of the molecule is CCOC(=O)c1c(C)[nH]c(C(=C2N=C(C)C(CC)=C2C)c2cc(C)c(C)c(C)c2)c1C. The van der Waals surface area contributed by atoms with Crippen molar-refractivity contribution in [3.63, 3.8) is 0 Å². The molecule has 3 rings (SSSR count). The van der Waals surface area contributed by atoms with Gasteiger partial charge in [0.05, 0.1) is 23.6 Å². The van der Waals surface area contributed by atoms with Crippen molar-refractivity contribution >= 4 is 17.3 Å². The Kier molecular flexibility index (Phi) is 6.40. The van der Waals surface area contributed by atoms with Crippen LogP contribution in [0.2, 0.25) is 0 Å². The number of aliphatic imine (C=N–C) groups is 1. The predicted molar refractivity (Wildman–Crippen MR) is 129 cm³/mol. The number of hydrogen-bond donors (Lipinski definition) is 1. The van der Waals surface area contributed by atoms with Crippen molar-refractivity contribution < 1.29 is 9.53 Å². The van der Waals surface area contributed by atoms with Crippen LogP contribution in [0.25, 0.3) is 5.57 Å². The standard InChI is InChI=1S/C27H34N2O2/c1-10-22-17(6)25(28-19(22)8)24(21-12-14(3)16(5)15(4)13-21)26-18(7)23(20(9)29-26)27(30)31-11-2/h12-13,29H,10-11H2,1-9H3. The van der Waals surface area contributed by atoms with Gasteiger partial charge in [0.2, 0.25) is 0 Å². The highest BCUT2D eigenvalue weighted by Gasteiger charge is 2.27. The van der Waals surface area contributed by atoms with Gasteiger partial charge in [-0.25, -0.2) is 4.79 Å². The van der Waals surface area contributed by atoms with Crippen LogP contribution in [-0.4, -0.2) is 23.3 Å². The second-order valence-electron chi connectivity index (χ2n) is 8.46. The van der Waals surface area contributed by atoms with E-state index < -0.39 is 0 Å². The molecule has 0 aliphatic carbocycles. The van der Waals surface area contributed by atoms with Gasteiger partial charge in [-0.1, -0.05) is 19.1 Å². The smallest absolute Gasteiger partial charge is 0.340 e. The van der Waals surface area contributed by atoms with Crippen LogP contribution in [0.15, 0.2) is 34.0 Å². The van der Waals surface area contributed by atoms with Gasteiger partial charge in [0.1, 0.15) is 0 Å². The lowest BCUT2D eigenvalue weighted by Crippen LogP contribution is -2.07. The average Bonchev–Trinajstić information content (AvgIpc) is 3.15. The van der Waals surface area contributed by atoms with E-state index in [0.29, 0.717) is 12.2 Å². The zero-order chi connectivity index (χ0) is 23.0. The first-order chi connectivity index (χ1) is 14.6. The summed E-state index contributed by atoms with van der Waals surface area (Å²) >= 11 is 0. The molecule has 0 amide bonds. The minimum absolute atomic E-state index is 0.284. The van der Waals surface area contributed by atoms with E-state index in [2.05, 4.69) is 58.7 Å². The lowest BCUT2D eigenvalue weighted by molar-refractivity contribution is 0.0525. The summed E-state index contributed by atoms with van der Waals surface area (Å²) in [5.41, 5.74) is 13.8. The van der Waals surface area contributed by atoms with Crippen molar-refractivity contribution in [2.75, 3.05) is 6.61 Å². The van der Waals surface area contributed by atoms with Gasteiger partial charge >= 0.3 is 5.97 Å². The fourth-order valence-corrected chi connectivity index (χ4v) is 4.59. The van der Waals surface area contributed by atoms with E-state index in [9.17, 15) is 4.79 Å². The van der Waals surface area contributed by atoms with Crippen LogP contribution in [0.3, 0.4) is 0 Å². The van der Waals surface area contributed by atoms with Crippen molar-refractivity contribution in [3.05, 3.63) is 73.7 Å². The number of ether oxygens (including phenoxy) is 1. The van der Waals surface area contributed by atoms with Gasteiger partial charge < -0.3 is 9.72 Å². The number of aryl methyl sites for hydroxylation is 3. The summed E-state index contributed by atoms with van der Waals surface area (Å²) in [5, 5.41) is 0. The average molecular weight is 419 g/mol. The second-order valence-corrected chi connectivity index (χ2v) is 8.46. The fraction of sp³-hybridized carbons (Fsp3) is 0.407. The molecule has 0 saturated heterocycles. The molecule has 0 saturated carbocycles. The molecule has 164 valence electrons. The van der Waals surface area contributed by atoms with E-state index in [1.165, 1.54) is 27.8 Å². The Morgan fingerprint density at radius 1 is 0.968 bits per heavy atom. The van der Waals surface area contributed by atoms with Gasteiger partial charge in [0.15, 0.2) is 0 Å². The third-order valence-corrected chi connectivity index (χ3v) is 6.50. The van der Waals surface area contributed by atoms with Crippen molar-refractivity contribution in [2.24, 2.45) is 4.99 Å². The highest BCUT2D eigenvalue weighted by atomic mass is 16.5. The first kappa shape index (κ1) is 22.8. The molecule has 1 aliphatic rings. The molecule has 1 N–H and O–H groups in total. The van der Waals surface area contributed by atoms with E-state index in [-0.39, 0.29) is 5.97 Å². The molecule has 31 heavy (non-hydrogen) atoms. The summed E-state index contributed by atoms with van der Waals surface area (Å²) in [6, 6.07) is 4.46. The molecule has 4 heteroatoms. The van der Waals surface area contributed by atoms with Crippen LogP contribution in [0.1, 0.15) is 83.7 Å².